The van der Waals surface area contributed by atoms with E-state index in [2.05, 4.69) is 35.3 Å². The van der Waals surface area contributed by atoms with Crippen LogP contribution in [-0.4, -0.2) is 37.3 Å². The Kier molecular flexibility index (Phi) is 4.60. The van der Waals surface area contributed by atoms with Crippen LogP contribution in [0.3, 0.4) is 0 Å². The molecule has 1 aliphatic rings. The molecule has 5 nitrogen and oxygen atoms in total. The molecule has 0 aliphatic carbocycles. The number of rotatable bonds is 5. The zero-order chi connectivity index (χ0) is 17.1. The number of phenols is 1. The van der Waals surface area contributed by atoms with Crippen LogP contribution in [0.1, 0.15) is 22.8 Å². The highest BCUT2D eigenvalue weighted by Gasteiger charge is 2.23. The fraction of sp³-hybridized carbons (Fsp3) is 0.316. The van der Waals surface area contributed by atoms with E-state index in [1.807, 2.05) is 6.07 Å². The highest BCUT2D eigenvalue weighted by Crippen LogP contribution is 2.30. The summed E-state index contributed by atoms with van der Waals surface area (Å²) in [4.78, 5) is 14.7. The van der Waals surface area contributed by atoms with E-state index < -0.39 is 0 Å². The number of phenolic OH excluding ortho intramolecular Hbond substituents is 1. The van der Waals surface area contributed by atoms with Gasteiger partial charge in [-0.2, -0.15) is 0 Å². The number of para-hydroxylation sites is 2. The van der Waals surface area contributed by atoms with Crippen molar-refractivity contribution in [2.24, 2.45) is 0 Å². The first-order chi connectivity index (χ1) is 11.6. The molecule has 24 heavy (non-hydrogen) atoms. The van der Waals surface area contributed by atoms with Crippen LogP contribution in [0.4, 0.5) is 5.69 Å². The summed E-state index contributed by atoms with van der Waals surface area (Å²) < 4.78 is 5.04. The normalized spacial score (nSPS) is 14.2. The lowest BCUT2D eigenvalue weighted by Gasteiger charge is -2.27. The van der Waals surface area contributed by atoms with Crippen LogP contribution in [0.25, 0.3) is 0 Å². The van der Waals surface area contributed by atoms with E-state index in [1.165, 1.54) is 18.4 Å². The summed E-state index contributed by atoms with van der Waals surface area (Å²) in [7, 11) is 1.46. The maximum atomic E-state index is 12.4. The third kappa shape index (κ3) is 3.02. The number of nitrogens with zero attached hydrogens (tertiary/aromatic N) is 1. The molecule has 0 aromatic heterocycles. The van der Waals surface area contributed by atoms with E-state index >= 15 is 0 Å². The first kappa shape index (κ1) is 16.2. The van der Waals surface area contributed by atoms with E-state index in [0.29, 0.717) is 12.3 Å². The van der Waals surface area contributed by atoms with Gasteiger partial charge in [0.1, 0.15) is 0 Å². The van der Waals surface area contributed by atoms with E-state index in [1.54, 1.807) is 18.2 Å². The molecule has 126 valence electrons. The monoisotopic (exact) mass is 326 g/mol. The second-order valence-electron chi connectivity index (χ2n) is 5.99. The molecule has 0 fully saturated rings. The van der Waals surface area contributed by atoms with E-state index in [0.717, 1.165) is 13.0 Å². The minimum absolute atomic E-state index is 0.128. The Bertz CT molecular complexity index is 745. The van der Waals surface area contributed by atoms with Crippen molar-refractivity contribution in [3.63, 3.8) is 0 Å². The molecule has 5 heteroatoms. The molecule has 1 aliphatic heterocycles. The molecule has 0 saturated heterocycles. The minimum Gasteiger partial charge on any atom is -0.504 e. The number of ether oxygens (including phenoxy) is 1. The lowest BCUT2D eigenvalue weighted by Crippen LogP contribution is -2.41. The number of amides is 1. The Labute approximate surface area is 141 Å². The quantitative estimate of drug-likeness (QED) is 0.886. The Balaban J connectivity index is 1.65. The first-order valence-corrected chi connectivity index (χ1v) is 8.10. The molecule has 2 aromatic carbocycles. The van der Waals surface area contributed by atoms with Gasteiger partial charge in [-0.25, -0.2) is 0 Å². The van der Waals surface area contributed by atoms with Gasteiger partial charge in [0.25, 0.3) is 5.91 Å². The van der Waals surface area contributed by atoms with Crippen molar-refractivity contribution in [1.29, 1.82) is 0 Å². The molecular weight excluding hydrogens is 304 g/mol. The maximum Gasteiger partial charge on any atom is 0.255 e. The maximum absolute atomic E-state index is 12.4. The van der Waals surface area contributed by atoms with E-state index in [-0.39, 0.29) is 23.3 Å². The summed E-state index contributed by atoms with van der Waals surface area (Å²) in [6.45, 7) is 3.55. The number of hydrogen-bond acceptors (Lipinski definition) is 4. The van der Waals surface area contributed by atoms with Gasteiger partial charge in [0, 0.05) is 24.8 Å². The van der Waals surface area contributed by atoms with Crippen LogP contribution in [0, 0.1) is 0 Å². The van der Waals surface area contributed by atoms with Gasteiger partial charge < -0.3 is 20.1 Å². The third-order valence-corrected chi connectivity index (χ3v) is 4.48. The largest absolute Gasteiger partial charge is 0.504 e. The van der Waals surface area contributed by atoms with Gasteiger partial charge in [0.15, 0.2) is 11.5 Å². The molecule has 2 aromatic rings. The van der Waals surface area contributed by atoms with Gasteiger partial charge in [-0.3, -0.25) is 4.79 Å². The number of benzene rings is 2. The SMILES string of the molecule is COc1cccc(C(=O)NCC(C)N2CCc3ccccc32)c1O. The van der Waals surface area contributed by atoms with Crippen LogP contribution in [0.15, 0.2) is 42.5 Å². The zero-order valence-corrected chi connectivity index (χ0v) is 14.0. The highest BCUT2D eigenvalue weighted by molar-refractivity contribution is 5.97. The summed E-state index contributed by atoms with van der Waals surface area (Å²) in [5.41, 5.74) is 2.81. The van der Waals surface area contributed by atoms with Crippen molar-refractivity contribution in [2.45, 2.75) is 19.4 Å². The van der Waals surface area contributed by atoms with Gasteiger partial charge in [-0.15, -0.1) is 0 Å². The number of fused-ring (bicyclic) bond motifs is 1. The molecule has 0 saturated carbocycles. The second-order valence-corrected chi connectivity index (χ2v) is 5.99. The molecule has 1 atom stereocenters. The van der Waals surface area contributed by atoms with Gasteiger partial charge in [-0.1, -0.05) is 24.3 Å². The predicted octanol–water partition coefficient (Wildman–Crippen LogP) is 2.58. The standard InChI is InChI=1S/C19H22N2O3/c1-13(21-11-10-14-6-3-4-8-16(14)21)12-20-19(23)15-7-5-9-17(24-2)18(15)22/h3-9,13,22H,10-12H2,1-2H3,(H,20,23). The number of nitrogens with one attached hydrogen (secondary N) is 1. The summed E-state index contributed by atoms with van der Waals surface area (Å²) in [6, 6.07) is 13.4. The minimum atomic E-state index is -0.300. The summed E-state index contributed by atoms with van der Waals surface area (Å²) in [5.74, 6) is -0.133. The Hall–Kier alpha value is -2.69. The summed E-state index contributed by atoms with van der Waals surface area (Å²) in [6.07, 6.45) is 1.03. The molecule has 1 heterocycles. The van der Waals surface area contributed by atoms with Crippen molar-refractivity contribution in [3.05, 3.63) is 53.6 Å². The lowest BCUT2D eigenvalue weighted by molar-refractivity contribution is 0.0948. The molecule has 2 N–H and O–H groups in total. The van der Waals surface area contributed by atoms with Crippen LogP contribution >= 0.6 is 0 Å². The number of anilines is 1. The van der Waals surface area contributed by atoms with E-state index in [9.17, 15) is 9.90 Å². The predicted molar refractivity (Wildman–Crippen MR) is 93.9 cm³/mol. The topological polar surface area (TPSA) is 61.8 Å². The van der Waals surface area contributed by atoms with Crippen molar-refractivity contribution < 1.29 is 14.6 Å². The highest BCUT2D eigenvalue weighted by atomic mass is 16.5. The molecular formula is C19H22N2O3. The van der Waals surface area contributed by atoms with Crippen molar-refractivity contribution in [1.82, 2.24) is 5.32 Å². The summed E-state index contributed by atoms with van der Waals surface area (Å²) >= 11 is 0. The van der Waals surface area contributed by atoms with Crippen LogP contribution in [0.2, 0.25) is 0 Å². The Morgan fingerprint density at radius 3 is 2.88 bits per heavy atom. The number of aromatic hydroxyl groups is 1. The van der Waals surface area contributed by atoms with Crippen molar-refractivity contribution in [2.75, 3.05) is 25.1 Å². The van der Waals surface area contributed by atoms with Gasteiger partial charge in [0.05, 0.1) is 12.7 Å². The fourth-order valence-electron chi connectivity index (χ4n) is 3.14. The van der Waals surface area contributed by atoms with Gasteiger partial charge in [-0.05, 0) is 37.1 Å². The number of hydrogen-bond donors (Lipinski definition) is 2. The average molecular weight is 326 g/mol. The van der Waals surface area contributed by atoms with Crippen molar-refractivity contribution in [3.8, 4) is 11.5 Å². The molecule has 1 amide bonds. The molecule has 3 rings (SSSR count). The fourth-order valence-corrected chi connectivity index (χ4v) is 3.14. The average Bonchev–Trinajstić information content (AvgIpc) is 3.03. The van der Waals surface area contributed by atoms with Crippen LogP contribution < -0.4 is 15.0 Å². The molecule has 1 unspecified atom stereocenters. The number of carbonyl (C=O) groups is 1. The van der Waals surface area contributed by atoms with Crippen molar-refractivity contribution >= 4 is 11.6 Å². The Morgan fingerprint density at radius 2 is 2.08 bits per heavy atom. The van der Waals surface area contributed by atoms with E-state index in [4.69, 9.17) is 4.74 Å². The molecule has 0 spiro atoms. The van der Waals surface area contributed by atoms with Gasteiger partial charge >= 0.3 is 0 Å². The zero-order valence-electron chi connectivity index (χ0n) is 14.0. The third-order valence-electron chi connectivity index (χ3n) is 4.48. The second kappa shape index (κ2) is 6.83. The number of methoxy groups -OCH3 is 1. The van der Waals surface area contributed by atoms with Gasteiger partial charge in [0.2, 0.25) is 0 Å². The first-order valence-electron chi connectivity index (χ1n) is 8.10. The molecule has 0 radical (unpaired) electrons. The summed E-state index contributed by atoms with van der Waals surface area (Å²) in [5, 5.41) is 13.0. The van der Waals surface area contributed by atoms with Crippen LogP contribution in [-0.2, 0) is 6.42 Å². The lowest BCUT2D eigenvalue weighted by atomic mass is 10.1. The molecule has 0 bridgehead atoms. The Morgan fingerprint density at radius 1 is 1.29 bits per heavy atom. The van der Waals surface area contributed by atoms with Crippen LogP contribution in [0.5, 0.6) is 11.5 Å². The number of carbonyl (C=O) groups excluding carboxylic acids is 1. The smallest absolute Gasteiger partial charge is 0.255 e.